The van der Waals surface area contributed by atoms with Crippen molar-refractivity contribution in [2.75, 3.05) is 19.6 Å². The van der Waals surface area contributed by atoms with Crippen molar-refractivity contribution >= 4 is 5.91 Å². The lowest BCUT2D eigenvalue weighted by Crippen LogP contribution is -2.42. The number of carbonyl (C=O) groups excluding carboxylic acids is 1. The fourth-order valence-electron chi connectivity index (χ4n) is 2.73. The number of rotatable bonds is 6. The standard InChI is InChI=1S/C16H25N3O/c1-2-9-19-10-7-15(8-11-19)18-12-13-3-5-14(6-4-13)16(17)20/h3-6,15,18H,2,7-12H2,1H3,(H2,17,20). The summed E-state index contributed by atoms with van der Waals surface area (Å²) in [7, 11) is 0. The maximum absolute atomic E-state index is 11.0. The molecule has 1 fully saturated rings. The number of piperidine rings is 1. The van der Waals surface area contributed by atoms with Gasteiger partial charge in [0.25, 0.3) is 0 Å². The molecule has 1 aromatic carbocycles. The summed E-state index contributed by atoms with van der Waals surface area (Å²) in [5.41, 5.74) is 7.00. The van der Waals surface area contributed by atoms with Gasteiger partial charge >= 0.3 is 0 Å². The molecule has 0 bridgehead atoms. The minimum Gasteiger partial charge on any atom is -0.366 e. The SMILES string of the molecule is CCCN1CCC(NCc2ccc(C(N)=O)cc2)CC1. The van der Waals surface area contributed by atoms with Crippen LogP contribution in [0, 0.1) is 0 Å². The van der Waals surface area contributed by atoms with Crippen LogP contribution in [0.1, 0.15) is 42.1 Å². The molecule has 1 aliphatic rings. The Morgan fingerprint density at radius 2 is 1.95 bits per heavy atom. The van der Waals surface area contributed by atoms with Gasteiger partial charge in [0.2, 0.25) is 5.91 Å². The van der Waals surface area contributed by atoms with Crippen LogP contribution in [0.15, 0.2) is 24.3 Å². The first-order valence-electron chi connectivity index (χ1n) is 7.53. The lowest BCUT2D eigenvalue weighted by molar-refractivity contribution is 0.100. The van der Waals surface area contributed by atoms with Crippen molar-refractivity contribution in [3.8, 4) is 0 Å². The third-order valence-corrected chi connectivity index (χ3v) is 3.96. The lowest BCUT2D eigenvalue weighted by atomic mass is 10.0. The van der Waals surface area contributed by atoms with Gasteiger partial charge in [-0.05, 0) is 56.6 Å². The molecule has 0 radical (unpaired) electrons. The normalized spacial score (nSPS) is 17.2. The van der Waals surface area contributed by atoms with Crippen molar-refractivity contribution in [3.05, 3.63) is 35.4 Å². The van der Waals surface area contributed by atoms with E-state index < -0.39 is 0 Å². The molecule has 110 valence electrons. The van der Waals surface area contributed by atoms with Crippen LogP contribution >= 0.6 is 0 Å². The van der Waals surface area contributed by atoms with Gasteiger partial charge in [-0.15, -0.1) is 0 Å². The summed E-state index contributed by atoms with van der Waals surface area (Å²) in [5, 5.41) is 3.61. The first-order valence-corrected chi connectivity index (χ1v) is 7.53. The molecule has 1 aliphatic heterocycles. The largest absolute Gasteiger partial charge is 0.366 e. The lowest BCUT2D eigenvalue weighted by Gasteiger charge is -2.32. The Kier molecular flexibility index (Phi) is 5.56. The predicted molar refractivity (Wildman–Crippen MR) is 81.6 cm³/mol. The number of benzene rings is 1. The van der Waals surface area contributed by atoms with Gasteiger partial charge in [-0.2, -0.15) is 0 Å². The van der Waals surface area contributed by atoms with Gasteiger partial charge in [-0.1, -0.05) is 19.1 Å². The summed E-state index contributed by atoms with van der Waals surface area (Å²) in [6, 6.07) is 8.14. The van der Waals surface area contributed by atoms with Crippen LogP contribution in [0.25, 0.3) is 0 Å². The van der Waals surface area contributed by atoms with Gasteiger partial charge in [-0.3, -0.25) is 4.79 Å². The van der Waals surface area contributed by atoms with Gasteiger partial charge in [0.15, 0.2) is 0 Å². The zero-order valence-electron chi connectivity index (χ0n) is 12.3. The number of nitrogens with two attached hydrogens (primary N) is 1. The van der Waals surface area contributed by atoms with Crippen molar-refractivity contribution in [2.24, 2.45) is 5.73 Å². The highest BCUT2D eigenvalue weighted by Crippen LogP contribution is 2.12. The molecule has 0 spiro atoms. The summed E-state index contributed by atoms with van der Waals surface area (Å²) in [4.78, 5) is 13.5. The van der Waals surface area contributed by atoms with E-state index in [1.807, 2.05) is 12.1 Å². The third kappa shape index (κ3) is 4.32. The number of hydrogen-bond donors (Lipinski definition) is 2. The molecular formula is C16H25N3O. The molecule has 1 heterocycles. The van der Waals surface area contributed by atoms with Gasteiger partial charge in [-0.25, -0.2) is 0 Å². The fourth-order valence-corrected chi connectivity index (χ4v) is 2.73. The molecule has 20 heavy (non-hydrogen) atoms. The molecular weight excluding hydrogens is 250 g/mol. The van der Waals surface area contributed by atoms with Gasteiger partial charge < -0.3 is 16.0 Å². The number of nitrogens with one attached hydrogen (secondary N) is 1. The first kappa shape index (κ1) is 15.0. The van der Waals surface area contributed by atoms with E-state index >= 15 is 0 Å². The van der Waals surface area contributed by atoms with Gasteiger partial charge in [0.1, 0.15) is 0 Å². The predicted octanol–water partition coefficient (Wildman–Crippen LogP) is 1.75. The quantitative estimate of drug-likeness (QED) is 0.831. The molecule has 4 nitrogen and oxygen atoms in total. The highest BCUT2D eigenvalue weighted by molar-refractivity contribution is 5.92. The maximum atomic E-state index is 11.0. The number of carbonyl (C=O) groups is 1. The molecule has 2 rings (SSSR count). The number of primary amides is 1. The van der Waals surface area contributed by atoms with Gasteiger partial charge in [0, 0.05) is 18.2 Å². The summed E-state index contributed by atoms with van der Waals surface area (Å²) in [6.45, 7) is 6.72. The van der Waals surface area contributed by atoms with E-state index in [4.69, 9.17) is 5.73 Å². The Balaban J connectivity index is 1.74. The second-order valence-electron chi connectivity index (χ2n) is 5.56. The zero-order valence-corrected chi connectivity index (χ0v) is 12.3. The molecule has 0 aromatic heterocycles. The average molecular weight is 275 g/mol. The Morgan fingerprint density at radius 3 is 2.50 bits per heavy atom. The van der Waals surface area contributed by atoms with Gasteiger partial charge in [0.05, 0.1) is 0 Å². The summed E-state index contributed by atoms with van der Waals surface area (Å²) >= 11 is 0. The van der Waals surface area contributed by atoms with Crippen LogP contribution < -0.4 is 11.1 Å². The van der Waals surface area contributed by atoms with E-state index in [9.17, 15) is 4.79 Å². The summed E-state index contributed by atoms with van der Waals surface area (Å²) in [5.74, 6) is -0.368. The van der Waals surface area contributed by atoms with Crippen LogP contribution in [-0.2, 0) is 6.54 Å². The van der Waals surface area contributed by atoms with Crippen molar-refractivity contribution in [2.45, 2.75) is 38.8 Å². The molecule has 1 saturated heterocycles. The number of hydrogen-bond acceptors (Lipinski definition) is 3. The molecule has 3 N–H and O–H groups in total. The second kappa shape index (κ2) is 7.41. The van der Waals surface area contributed by atoms with E-state index in [1.54, 1.807) is 12.1 Å². The maximum Gasteiger partial charge on any atom is 0.248 e. The van der Waals surface area contributed by atoms with Crippen LogP contribution in [0.5, 0.6) is 0 Å². The molecule has 4 heteroatoms. The van der Waals surface area contributed by atoms with Crippen LogP contribution in [-0.4, -0.2) is 36.5 Å². The average Bonchev–Trinajstić information content (AvgIpc) is 2.47. The molecule has 0 unspecified atom stereocenters. The Labute approximate surface area is 121 Å². The number of likely N-dealkylation sites (tertiary alicyclic amines) is 1. The Bertz CT molecular complexity index is 422. The second-order valence-corrected chi connectivity index (χ2v) is 5.56. The van der Waals surface area contributed by atoms with E-state index in [-0.39, 0.29) is 5.91 Å². The highest BCUT2D eigenvalue weighted by Gasteiger charge is 2.17. The van der Waals surface area contributed by atoms with Crippen LogP contribution in [0.4, 0.5) is 0 Å². The summed E-state index contributed by atoms with van der Waals surface area (Å²) in [6.07, 6.45) is 3.68. The minimum absolute atomic E-state index is 0.368. The van der Waals surface area contributed by atoms with Crippen molar-refractivity contribution in [3.63, 3.8) is 0 Å². The zero-order chi connectivity index (χ0) is 14.4. The molecule has 0 atom stereocenters. The molecule has 1 aromatic rings. The van der Waals surface area contributed by atoms with Crippen LogP contribution in [0.2, 0.25) is 0 Å². The van der Waals surface area contributed by atoms with Crippen molar-refractivity contribution in [1.29, 1.82) is 0 Å². The highest BCUT2D eigenvalue weighted by atomic mass is 16.1. The number of amides is 1. The fraction of sp³-hybridized carbons (Fsp3) is 0.562. The van der Waals surface area contributed by atoms with E-state index in [2.05, 4.69) is 17.1 Å². The topological polar surface area (TPSA) is 58.4 Å². The number of nitrogens with zero attached hydrogens (tertiary/aromatic N) is 1. The van der Waals surface area contributed by atoms with Crippen molar-refractivity contribution in [1.82, 2.24) is 10.2 Å². The van der Waals surface area contributed by atoms with E-state index in [0.717, 1.165) is 6.54 Å². The monoisotopic (exact) mass is 275 g/mol. The Hall–Kier alpha value is -1.39. The molecule has 0 saturated carbocycles. The van der Waals surface area contributed by atoms with Crippen molar-refractivity contribution < 1.29 is 4.79 Å². The third-order valence-electron chi connectivity index (χ3n) is 3.96. The molecule has 1 amide bonds. The Morgan fingerprint density at radius 1 is 1.30 bits per heavy atom. The molecule has 0 aliphatic carbocycles. The minimum atomic E-state index is -0.368. The summed E-state index contributed by atoms with van der Waals surface area (Å²) < 4.78 is 0. The van der Waals surface area contributed by atoms with Crippen LogP contribution in [0.3, 0.4) is 0 Å². The first-order chi connectivity index (χ1) is 9.69. The van der Waals surface area contributed by atoms with E-state index in [0.29, 0.717) is 11.6 Å². The van der Waals surface area contributed by atoms with E-state index in [1.165, 1.54) is 44.5 Å². The smallest absolute Gasteiger partial charge is 0.248 e.